The van der Waals surface area contributed by atoms with E-state index in [1.54, 1.807) is 18.2 Å². The van der Waals surface area contributed by atoms with Gasteiger partial charge in [-0.3, -0.25) is 15.4 Å². The number of carbonyl (C=O) groups excluding carboxylic acids is 2. The van der Waals surface area contributed by atoms with Crippen LogP contribution in [-0.4, -0.2) is 24.4 Å². The first-order valence-electron chi connectivity index (χ1n) is 6.94. The number of amides is 2. The average molecular weight is 311 g/mol. The van der Waals surface area contributed by atoms with Crippen molar-refractivity contribution in [1.29, 1.82) is 0 Å². The van der Waals surface area contributed by atoms with Gasteiger partial charge >= 0.3 is 0 Å². The average Bonchev–Trinajstić information content (AvgIpc) is 3.27. The highest BCUT2D eigenvalue weighted by Gasteiger charge is 2.22. The summed E-state index contributed by atoms with van der Waals surface area (Å²) in [6, 6.07) is 5.21. The number of anilines is 1. The van der Waals surface area contributed by atoms with Crippen molar-refractivity contribution >= 4 is 29.1 Å². The molecule has 1 aromatic carbocycles. The van der Waals surface area contributed by atoms with E-state index in [4.69, 9.17) is 17.4 Å². The third-order valence-corrected chi connectivity index (χ3v) is 3.43. The normalized spacial score (nSPS) is 13.6. The molecule has 0 aromatic heterocycles. The van der Waals surface area contributed by atoms with Crippen molar-refractivity contribution in [2.24, 2.45) is 5.84 Å². The molecule has 5 N–H and O–H groups in total. The van der Waals surface area contributed by atoms with Crippen molar-refractivity contribution in [1.82, 2.24) is 10.6 Å². The molecule has 0 aliphatic heterocycles. The molecule has 7 heteroatoms. The summed E-state index contributed by atoms with van der Waals surface area (Å²) in [4.78, 5) is 23.5. The maximum Gasteiger partial charge on any atom is 0.253 e. The number of nitrogens with one attached hydrogen (secondary N) is 3. The second-order valence-electron chi connectivity index (χ2n) is 5.04. The van der Waals surface area contributed by atoms with Gasteiger partial charge in [0.05, 0.1) is 11.3 Å². The third-order valence-electron chi connectivity index (χ3n) is 3.19. The van der Waals surface area contributed by atoms with Gasteiger partial charge in [-0.2, -0.15) is 0 Å². The van der Waals surface area contributed by atoms with Crippen LogP contribution in [0.3, 0.4) is 0 Å². The highest BCUT2D eigenvalue weighted by atomic mass is 35.5. The molecule has 2 amide bonds. The topological polar surface area (TPSA) is 96.2 Å². The standard InChI is InChI=1S/C14H19ClN4O2/c15-9-3-6-12(19-16)11(8-9)14(21)17-7-1-2-13(20)18-10-4-5-10/h3,6,8,10,19H,1-2,4-5,7,16H2,(H,17,21)(H,18,20). The Bertz CT molecular complexity index is 532. The SMILES string of the molecule is NNc1ccc(Cl)cc1C(=O)NCCCC(=O)NC1CC1. The quantitative estimate of drug-likeness (QED) is 0.348. The number of rotatable bonds is 7. The summed E-state index contributed by atoms with van der Waals surface area (Å²) >= 11 is 5.87. The lowest BCUT2D eigenvalue weighted by Crippen LogP contribution is -2.29. The van der Waals surface area contributed by atoms with Gasteiger partial charge < -0.3 is 16.1 Å². The third kappa shape index (κ3) is 4.91. The molecule has 6 nitrogen and oxygen atoms in total. The molecular formula is C14H19ClN4O2. The fraction of sp³-hybridized carbons (Fsp3) is 0.429. The first-order chi connectivity index (χ1) is 10.1. The molecular weight excluding hydrogens is 292 g/mol. The van der Waals surface area contributed by atoms with E-state index in [2.05, 4.69) is 16.1 Å². The van der Waals surface area contributed by atoms with Gasteiger partial charge in [0.25, 0.3) is 5.91 Å². The minimum absolute atomic E-state index is 0.0406. The van der Waals surface area contributed by atoms with E-state index in [1.165, 1.54) is 0 Å². The van der Waals surface area contributed by atoms with E-state index in [9.17, 15) is 9.59 Å². The zero-order valence-electron chi connectivity index (χ0n) is 11.6. The Morgan fingerprint density at radius 1 is 1.33 bits per heavy atom. The van der Waals surface area contributed by atoms with Crippen LogP contribution in [0, 0.1) is 0 Å². The van der Waals surface area contributed by atoms with E-state index in [-0.39, 0.29) is 11.8 Å². The van der Waals surface area contributed by atoms with Gasteiger partial charge in [-0.15, -0.1) is 0 Å². The number of nitrogen functional groups attached to an aromatic ring is 1. The van der Waals surface area contributed by atoms with Crippen LogP contribution >= 0.6 is 11.6 Å². The lowest BCUT2D eigenvalue weighted by atomic mass is 10.1. The Morgan fingerprint density at radius 3 is 2.76 bits per heavy atom. The molecule has 21 heavy (non-hydrogen) atoms. The lowest BCUT2D eigenvalue weighted by Gasteiger charge is -2.10. The maximum absolute atomic E-state index is 12.0. The van der Waals surface area contributed by atoms with Crippen molar-refractivity contribution in [3.05, 3.63) is 28.8 Å². The minimum Gasteiger partial charge on any atom is -0.353 e. The number of halogens is 1. The maximum atomic E-state index is 12.0. The zero-order valence-corrected chi connectivity index (χ0v) is 12.4. The molecule has 1 aliphatic rings. The van der Waals surface area contributed by atoms with Crippen LogP contribution in [0.2, 0.25) is 5.02 Å². The van der Waals surface area contributed by atoms with Gasteiger partial charge in [-0.1, -0.05) is 11.6 Å². The molecule has 1 aromatic rings. The first-order valence-corrected chi connectivity index (χ1v) is 7.31. The zero-order chi connectivity index (χ0) is 15.2. The van der Waals surface area contributed by atoms with Gasteiger partial charge in [-0.05, 0) is 37.5 Å². The molecule has 0 spiro atoms. The van der Waals surface area contributed by atoms with Gasteiger partial charge in [0.15, 0.2) is 0 Å². The van der Waals surface area contributed by atoms with Crippen molar-refractivity contribution in [3.63, 3.8) is 0 Å². The van der Waals surface area contributed by atoms with E-state index < -0.39 is 0 Å². The van der Waals surface area contributed by atoms with Crippen LogP contribution in [0.1, 0.15) is 36.0 Å². The number of hydrogen-bond acceptors (Lipinski definition) is 4. The summed E-state index contributed by atoms with van der Waals surface area (Å²) < 4.78 is 0. The fourth-order valence-corrected chi connectivity index (χ4v) is 2.08. The number of hydrazine groups is 1. The molecule has 0 heterocycles. The second kappa shape index (κ2) is 7.28. The Morgan fingerprint density at radius 2 is 2.10 bits per heavy atom. The largest absolute Gasteiger partial charge is 0.353 e. The van der Waals surface area contributed by atoms with E-state index in [0.717, 1.165) is 12.8 Å². The first kappa shape index (κ1) is 15.6. The van der Waals surface area contributed by atoms with Crippen molar-refractivity contribution in [3.8, 4) is 0 Å². The molecule has 1 saturated carbocycles. The van der Waals surface area contributed by atoms with Gasteiger partial charge in [0.2, 0.25) is 5.91 Å². The van der Waals surface area contributed by atoms with Crippen LogP contribution in [0.4, 0.5) is 5.69 Å². The number of benzene rings is 1. The lowest BCUT2D eigenvalue weighted by molar-refractivity contribution is -0.121. The molecule has 0 atom stereocenters. The summed E-state index contributed by atoms with van der Waals surface area (Å²) in [6.45, 7) is 0.424. The number of nitrogens with two attached hydrogens (primary N) is 1. The molecule has 0 bridgehead atoms. The predicted molar refractivity (Wildman–Crippen MR) is 82.0 cm³/mol. The highest BCUT2D eigenvalue weighted by Crippen LogP contribution is 2.20. The van der Waals surface area contributed by atoms with Crippen molar-refractivity contribution in [2.75, 3.05) is 12.0 Å². The summed E-state index contributed by atoms with van der Waals surface area (Å²) in [6.07, 6.45) is 3.16. The summed E-state index contributed by atoms with van der Waals surface area (Å²) in [5.41, 5.74) is 3.34. The Hall–Kier alpha value is -1.79. The summed E-state index contributed by atoms with van der Waals surface area (Å²) in [7, 11) is 0. The molecule has 2 rings (SSSR count). The number of carbonyl (C=O) groups is 2. The van der Waals surface area contributed by atoms with Crippen LogP contribution in [0.15, 0.2) is 18.2 Å². The smallest absolute Gasteiger partial charge is 0.253 e. The summed E-state index contributed by atoms with van der Waals surface area (Å²) in [5, 5.41) is 6.12. The van der Waals surface area contributed by atoms with Gasteiger partial charge in [0.1, 0.15) is 0 Å². The van der Waals surface area contributed by atoms with Gasteiger partial charge in [-0.25, -0.2) is 0 Å². The van der Waals surface area contributed by atoms with E-state index in [1.807, 2.05) is 0 Å². The monoisotopic (exact) mass is 310 g/mol. The Labute approximate surface area is 128 Å². The van der Waals surface area contributed by atoms with E-state index in [0.29, 0.717) is 41.7 Å². The summed E-state index contributed by atoms with van der Waals surface area (Å²) in [5.74, 6) is 5.13. The highest BCUT2D eigenvalue weighted by molar-refractivity contribution is 6.31. The van der Waals surface area contributed by atoms with Crippen molar-refractivity contribution < 1.29 is 9.59 Å². The van der Waals surface area contributed by atoms with Crippen LogP contribution in [-0.2, 0) is 4.79 Å². The van der Waals surface area contributed by atoms with Gasteiger partial charge in [0, 0.05) is 24.0 Å². The van der Waals surface area contributed by atoms with E-state index >= 15 is 0 Å². The predicted octanol–water partition coefficient (Wildman–Crippen LogP) is 1.41. The molecule has 1 aliphatic carbocycles. The fourth-order valence-electron chi connectivity index (χ4n) is 1.90. The Balaban J connectivity index is 1.76. The second-order valence-corrected chi connectivity index (χ2v) is 5.47. The molecule has 1 fully saturated rings. The molecule has 0 unspecified atom stereocenters. The van der Waals surface area contributed by atoms with Crippen molar-refractivity contribution in [2.45, 2.75) is 31.7 Å². The van der Waals surface area contributed by atoms with Crippen LogP contribution < -0.4 is 21.9 Å². The van der Waals surface area contributed by atoms with Crippen LogP contribution in [0.25, 0.3) is 0 Å². The Kier molecular flexibility index (Phi) is 5.41. The number of hydrogen-bond donors (Lipinski definition) is 4. The van der Waals surface area contributed by atoms with Crippen LogP contribution in [0.5, 0.6) is 0 Å². The molecule has 0 saturated heterocycles. The molecule has 114 valence electrons. The molecule has 0 radical (unpaired) electrons. The minimum atomic E-state index is -0.270.